The Labute approximate surface area is 113 Å². The quantitative estimate of drug-likeness (QED) is 0.895. The minimum Gasteiger partial charge on any atom is -0.349 e. The standard InChI is InChI=1S/C13H13F3N2O2/c1-7(6-13(14,15)16)17-12(20)9-3-2-8-5-11(19)18-10(8)4-9/h2-4,7H,5-6H2,1H3,(H,17,20)(H,18,19). The predicted octanol–water partition coefficient (Wildman–Crippen LogP) is 2.25. The summed E-state index contributed by atoms with van der Waals surface area (Å²) in [5.74, 6) is -0.756. The Morgan fingerprint density at radius 2 is 2.15 bits per heavy atom. The van der Waals surface area contributed by atoms with Crippen molar-refractivity contribution in [3.05, 3.63) is 29.3 Å². The fraction of sp³-hybridized carbons (Fsp3) is 0.385. The third-order valence-electron chi connectivity index (χ3n) is 2.91. The Morgan fingerprint density at radius 1 is 1.45 bits per heavy atom. The molecule has 1 aliphatic rings. The van der Waals surface area contributed by atoms with E-state index in [1.54, 1.807) is 6.07 Å². The highest BCUT2D eigenvalue weighted by Gasteiger charge is 2.30. The number of nitrogens with one attached hydrogen (secondary N) is 2. The summed E-state index contributed by atoms with van der Waals surface area (Å²) in [4.78, 5) is 23.0. The summed E-state index contributed by atoms with van der Waals surface area (Å²) in [6.07, 6.45) is -5.15. The van der Waals surface area contributed by atoms with E-state index < -0.39 is 24.5 Å². The molecular weight excluding hydrogens is 273 g/mol. The third-order valence-corrected chi connectivity index (χ3v) is 2.91. The SMILES string of the molecule is CC(CC(F)(F)F)NC(=O)c1ccc2c(c1)NC(=O)C2. The summed E-state index contributed by atoms with van der Waals surface area (Å²) in [6.45, 7) is 1.29. The van der Waals surface area contributed by atoms with Crippen LogP contribution in [0.25, 0.3) is 0 Å². The Morgan fingerprint density at radius 3 is 2.80 bits per heavy atom. The fourth-order valence-corrected chi connectivity index (χ4v) is 2.06. The number of halogens is 3. The monoisotopic (exact) mass is 286 g/mol. The molecule has 1 unspecified atom stereocenters. The summed E-state index contributed by atoms with van der Waals surface area (Å²) in [6, 6.07) is 3.58. The van der Waals surface area contributed by atoms with Crippen LogP contribution in [0.5, 0.6) is 0 Å². The van der Waals surface area contributed by atoms with Crippen molar-refractivity contribution in [2.24, 2.45) is 0 Å². The van der Waals surface area contributed by atoms with Crippen LogP contribution in [0.2, 0.25) is 0 Å². The van der Waals surface area contributed by atoms with Crippen LogP contribution in [0.1, 0.15) is 29.3 Å². The maximum atomic E-state index is 12.2. The zero-order valence-corrected chi connectivity index (χ0v) is 10.7. The first-order valence-corrected chi connectivity index (χ1v) is 6.05. The van der Waals surface area contributed by atoms with Crippen LogP contribution >= 0.6 is 0 Å². The van der Waals surface area contributed by atoms with E-state index in [-0.39, 0.29) is 17.9 Å². The first kappa shape index (κ1) is 14.4. The van der Waals surface area contributed by atoms with Gasteiger partial charge in [0.25, 0.3) is 5.91 Å². The van der Waals surface area contributed by atoms with Gasteiger partial charge in [-0.3, -0.25) is 9.59 Å². The first-order chi connectivity index (χ1) is 9.24. The fourth-order valence-electron chi connectivity index (χ4n) is 2.06. The Balaban J connectivity index is 2.04. The van der Waals surface area contributed by atoms with Crippen molar-refractivity contribution in [3.8, 4) is 0 Å². The molecule has 4 nitrogen and oxygen atoms in total. The number of carbonyl (C=O) groups is 2. The molecule has 1 aliphatic heterocycles. The second-order valence-electron chi connectivity index (χ2n) is 4.79. The molecule has 0 aliphatic carbocycles. The van der Waals surface area contributed by atoms with Gasteiger partial charge in [-0.1, -0.05) is 6.07 Å². The molecule has 7 heteroatoms. The second kappa shape index (κ2) is 5.15. The molecule has 108 valence electrons. The van der Waals surface area contributed by atoms with Gasteiger partial charge < -0.3 is 10.6 Å². The Bertz CT molecular complexity index is 555. The topological polar surface area (TPSA) is 58.2 Å². The van der Waals surface area contributed by atoms with Gasteiger partial charge in [0.15, 0.2) is 0 Å². The van der Waals surface area contributed by atoms with Gasteiger partial charge in [-0.25, -0.2) is 0 Å². The minimum absolute atomic E-state index is 0.164. The lowest BCUT2D eigenvalue weighted by Gasteiger charge is -2.16. The summed E-state index contributed by atoms with van der Waals surface area (Å²) < 4.78 is 36.5. The van der Waals surface area contributed by atoms with Crippen molar-refractivity contribution in [2.75, 3.05) is 5.32 Å². The number of rotatable bonds is 3. The van der Waals surface area contributed by atoms with Gasteiger partial charge in [0.05, 0.1) is 12.8 Å². The van der Waals surface area contributed by atoms with Gasteiger partial charge in [-0.05, 0) is 24.6 Å². The zero-order chi connectivity index (χ0) is 14.9. The number of alkyl halides is 3. The number of benzene rings is 1. The van der Waals surface area contributed by atoms with Crippen molar-refractivity contribution in [3.63, 3.8) is 0 Å². The molecular formula is C13H13F3N2O2. The van der Waals surface area contributed by atoms with Gasteiger partial charge in [0.1, 0.15) is 0 Å². The highest BCUT2D eigenvalue weighted by molar-refractivity contribution is 6.02. The van der Waals surface area contributed by atoms with Gasteiger partial charge in [-0.2, -0.15) is 13.2 Å². The molecule has 2 rings (SSSR count). The van der Waals surface area contributed by atoms with Crippen molar-refractivity contribution in [2.45, 2.75) is 32.0 Å². The van der Waals surface area contributed by atoms with E-state index in [0.29, 0.717) is 5.69 Å². The van der Waals surface area contributed by atoms with E-state index >= 15 is 0 Å². The maximum absolute atomic E-state index is 12.2. The molecule has 1 atom stereocenters. The molecule has 2 amide bonds. The van der Waals surface area contributed by atoms with Gasteiger partial charge in [-0.15, -0.1) is 0 Å². The summed E-state index contributed by atoms with van der Waals surface area (Å²) >= 11 is 0. The van der Waals surface area contributed by atoms with E-state index in [0.717, 1.165) is 5.56 Å². The zero-order valence-electron chi connectivity index (χ0n) is 10.7. The molecule has 0 spiro atoms. The number of anilines is 1. The molecule has 0 radical (unpaired) electrons. The van der Waals surface area contributed by atoms with Crippen LogP contribution in [0.3, 0.4) is 0 Å². The van der Waals surface area contributed by atoms with Crippen LogP contribution in [-0.2, 0) is 11.2 Å². The number of hydrogen-bond acceptors (Lipinski definition) is 2. The van der Waals surface area contributed by atoms with Crippen LogP contribution < -0.4 is 10.6 Å². The van der Waals surface area contributed by atoms with Crippen LogP contribution in [0.15, 0.2) is 18.2 Å². The molecule has 1 heterocycles. The number of fused-ring (bicyclic) bond motifs is 1. The predicted molar refractivity (Wildman–Crippen MR) is 66.4 cm³/mol. The van der Waals surface area contributed by atoms with E-state index in [9.17, 15) is 22.8 Å². The van der Waals surface area contributed by atoms with Crippen LogP contribution in [-0.4, -0.2) is 24.0 Å². The first-order valence-electron chi connectivity index (χ1n) is 6.05. The molecule has 20 heavy (non-hydrogen) atoms. The lowest BCUT2D eigenvalue weighted by molar-refractivity contribution is -0.138. The van der Waals surface area contributed by atoms with E-state index in [1.165, 1.54) is 19.1 Å². The number of hydrogen-bond donors (Lipinski definition) is 2. The van der Waals surface area contributed by atoms with Crippen molar-refractivity contribution in [1.29, 1.82) is 0 Å². The van der Waals surface area contributed by atoms with Gasteiger partial charge in [0, 0.05) is 17.3 Å². The lowest BCUT2D eigenvalue weighted by atomic mass is 10.1. The average Bonchev–Trinajstić information content (AvgIpc) is 2.64. The minimum atomic E-state index is -4.32. The summed E-state index contributed by atoms with van der Waals surface area (Å²) in [7, 11) is 0. The van der Waals surface area contributed by atoms with Crippen LogP contribution in [0.4, 0.5) is 18.9 Å². The molecule has 1 aromatic carbocycles. The smallest absolute Gasteiger partial charge is 0.349 e. The normalized spacial score (nSPS) is 15.5. The lowest BCUT2D eigenvalue weighted by Crippen LogP contribution is -2.35. The Kier molecular flexibility index (Phi) is 3.69. The number of amides is 2. The molecule has 0 fully saturated rings. The van der Waals surface area contributed by atoms with Crippen molar-refractivity contribution >= 4 is 17.5 Å². The van der Waals surface area contributed by atoms with E-state index in [4.69, 9.17) is 0 Å². The highest BCUT2D eigenvalue weighted by Crippen LogP contribution is 2.24. The van der Waals surface area contributed by atoms with Crippen molar-refractivity contribution < 1.29 is 22.8 Å². The van der Waals surface area contributed by atoms with Crippen LogP contribution in [0, 0.1) is 0 Å². The molecule has 2 N–H and O–H groups in total. The Hall–Kier alpha value is -2.05. The van der Waals surface area contributed by atoms with Gasteiger partial charge >= 0.3 is 6.18 Å². The summed E-state index contributed by atoms with van der Waals surface area (Å²) in [5, 5.41) is 4.87. The summed E-state index contributed by atoms with van der Waals surface area (Å²) in [5.41, 5.74) is 1.53. The largest absolute Gasteiger partial charge is 0.391 e. The van der Waals surface area contributed by atoms with Gasteiger partial charge in [0.2, 0.25) is 5.91 Å². The van der Waals surface area contributed by atoms with E-state index in [2.05, 4.69) is 10.6 Å². The molecule has 0 aromatic heterocycles. The average molecular weight is 286 g/mol. The van der Waals surface area contributed by atoms with E-state index in [1.807, 2.05) is 0 Å². The highest BCUT2D eigenvalue weighted by atomic mass is 19.4. The number of carbonyl (C=O) groups excluding carboxylic acids is 2. The maximum Gasteiger partial charge on any atom is 0.391 e. The van der Waals surface area contributed by atoms with Crippen molar-refractivity contribution in [1.82, 2.24) is 5.32 Å². The molecule has 0 saturated heterocycles. The molecule has 0 bridgehead atoms. The molecule has 0 saturated carbocycles. The molecule has 1 aromatic rings. The third kappa shape index (κ3) is 3.49. The second-order valence-corrected chi connectivity index (χ2v) is 4.79.